The quantitative estimate of drug-likeness (QED) is 0.693. The lowest BCUT2D eigenvalue weighted by Gasteiger charge is -2.22. The van der Waals surface area contributed by atoms with Gasteiger partial charge in [0.2, 0.25) is 5.91 Å². The number of hydrogen-bond acceptors (Lipinski definition) is 5. The first kappa shape index (κ1) is 21.1. The average molecular weight is 392 g/mol. The molecule has 1 heterocycles. The lowest BCUT2D eigenvalue weighted by atomic mass is 9.96. The number of hydrogen-bond donors (Lipinski definition) is 2. The maximum Gasteiger partial charge on any atom is 0.341 e. The second kappa shape index (κ2) is 9.10. The number of benzene rings is 1. The maximum atomic E-state index is 13.2. The molecule has 2 aromatic rings. The molecule has 0 radical (unpaired) electrons. The zero-order valence-electron chi connectivity index (χ0n) is 16.2. The molecule has 7 heteroatoms. The number of thiophene rings is 1. The van der Waals surface area contributed by atoms with E-state index in [1.54, 1.807) is 12.1 Å². The monoisotopic (exact) mass is 392 g/mol. The van der Waals surface area contributed by atoms with Gasteiger partial charge in [0.1, 0.15) is 10.8 Å². The number of ether oxygens (including phenoxy) is 1. The molecule has 0 aliphatic heterocycles. The van der Waals surface area contributed by atoms with E-state index in [9.17, 15) is 14.0 Å². The molecule has 1 atom stereocenters. The third-order valence-electron chi connectivity index (χ3n) is 4.41. The first-order valence-electron chi connectivity index (χ1n) is 8.71. The van der Waals surface area contributed by atoms with Gasteiger partial charge in [0.25, 0.3) is 0 Å². The van der Waals surface area contributed by atoms with E-state index in [0.29, 0.717) is 10.6 Å². The van der Waals surface area contributed by atoms with E-state index in [4.69, 9.17) is 4.74 Å². The third-order valence-corrected chi connectivity index (χ3v) is 5.53. The summed E-state index contributed by atoms with van der Waals surface area (Å²) in [6, 6.07) is 6.15. The molecule has 0 aliphatic rings. The summed E-state index contributed by atoms with van der Waals surface area (Å²) in [5.41, 5.74) is 2.12. The zero-order chi connectivity index (χ0) is 20.1. The van der Waals surface area contributed by atoms with E-state index in [-0.39, 0.29) is 30.2 Å². The Hall–Kier alpha value is -2.25. The number of anilines is 1. The number of nitrogens with one attached hydrogen (secondary N) is 2. The van der Waals surface area contributed by atoms with Crippen LogP contribution in [0.25, 0.3) is 0 Å². The van der Waals surface area contributed by atoms with Crippen molar-refractivity contribution in [2.24, 2.45) is 5.92 Å². The summed E-state index contributed by atoms with van der Waals surface area (Å²) < 4.78 is 18.0. The fourth-order valence-electron chi connectivity index (χ4n) is 2.84. The molecule has 146 valence electrons. The van der Waals surface area contributed by atoms with Crippen molar-refractivity contribution in [3.05, 3.63) is 51.7 Å². The number of rotatable bonds is 7. The fraction of sp³-hybridized carbons (Fsp3) is 0.400. The Labute approximate surface area is 162 Å². The number of halogens is 1. The Morgan fingerprint density at radius 3 is 2.37 bits per heavy atom. The van der Waals surface area contributed by atoms with Crippen molar-refractivity contribution in [2.75, 3.05) is 19.0 Å². The molecule has 0 fully saturated rings. The van der Waals surface area contributed by atoms with Crippen LogP contribution >= 0.6 is 11.3 Å². The molecule has 0 saturated carbocycles. The molecule has 1 aromatic heterocycles. The summed E-state index contributed by atoms with van der Waals surface area (Å²) >= 11 is 1.35. The molecule has 0 aliphatic carbocycles. The molecule has 1 aromatic carbocycles. The predicted octanol–water partition coefficient (Wildman–Crippen LogP) is 4.22. The number of carbonyl (C=O) groups is 2. The minimum Gasteiger partial charge on any atom is -0.465 e. The molecular formula is C20H25FN2O3S. The summed E-state index contributed by atoms with van der Waals surface area (Å²) in [7, 11) is 1.32. The smallest absolute Gasteiger partial charge is 0.341 e. The van der Waals surface area contributed by atoms with Crippen LogP contribution in [0, 0.1) is 25.6 Å². The van der Waals surface area contributed by atoms with Crippen LogP contribution in [0.3, 0.4) is 0 Å². The molecule has 0 bridgehead atoms. The van der Waals surface area contributed by atoms with Gasteiger partial charge in [-0.2, -0.15) is 0 Å². The highest BCUT2D eigenvalue weighted by atomic mass is 32.1. The fourth-order valence-corrected chi connectivity index (χ4v) is 3.91. The standard InChI is InChI=1S/C20H25FN2O3S/c1-11(2)18(14-6-8-15(21)9-7-14)22-10-16(24)23-19-17(20(25)26-5)12(3)13(4)27-19/h6-9,11,18,22H,10H2,1-5H3,(H,23,24)/t18-/m1/s1. The topological polar surface area (TPSA) is 67.4 Å². The van der Waals surface area contributed by atoms with Crippen LogP contribution in [0.2, 0.25) is 0 Å². The van der Waals surface area contributed by atoms with Gasteiger partial charge in [0.15, 0.2) is 0 Å². The second-order valence-corrected chi connectivity index (χ2v) is 7.91. The van der Waals surface area contributed by atoms with E-state index in [1.807, 2.05) is 27.7 Å². The van der Waals surface area contributed by atoms with Crippen LogP contribution in [-0.2, 0) is 9.53 Å². The van der Waals surface area contributed by atoms with E-state index < -0.39 is 5.97 Å². The van der Waals surface area contributed by atoms with Gasteiger partial charge in [-0.05, 0) is 43.0 Å². The SMILES string of the molecule is COC(=O)c1c(NC(=O)CN[C@@H](c2ccc(F)cc2)C(C)C)sc(C)c1C. The van der Waals surface area contributed by atoms with Gasteiger partial charge in [-0.3, -0.25) is 4.79 Å². The Morgan fingerprint density at radius 2 is 1.81 bits per heavy atom. The molecule has 0 spiro atoms. The number of carbonyl (C=O) groups excluding carboxylic acids is 2. The number of amides is 1. The zero-order valence-corrected chi connectivity index (χ0v) is 17.0. The van der Waals surface area contributed by atoms with Gasteiger partial charge in [0, 0.05) is 10.9 Å². The highest BCUT2D eigenvalue weighted by molar-refractivity contribution is 7.16. The van der Waals surface area contributed by atoms with Gasteiger partial charge >= 0.3 is 5.97 Å². The van der Waals surface area contributed by atoms with Crippen molar-refractivity contribution in [3.63, 3.8) is 0 Å². The highest BCUT2D eigenvalue weighted by Crippen LogP contribution is 2.33. The molecule has 1 amide bonds. The van der Waals surface area contributed by atoms with Crippen LogP contribution < -0.4 is 10.6 Å². The van der Waals surface area contributed by atoms with Crippen molar-refractivity contribution in [2.45, 2.75) is 33.7 Å². The summed E-state index contributed by atoms with van der Waals surface area (Å²) in [5.74, 6) is -0.807. The van der Waals surface area contributed by atoms with Crippen molar-refractivity contribution in [1.29, 1.82) is 0 Å². The first-order chi connectivity index (χ1) is 12.7. The van der Waals surface area contributed by atoms with Crippen LogP contribution in [0.4, 0.5) is 9.39 Å². The maximum absolute atomic E-state index is 13.2. The van der Waals surface area contributed by atoms with Crippen molar-refractivity contribution in [3.8, 4) is 0 Å². The molecule has 0 unspecified atom stereocenters. The van der Waals surface area contributed by atoms with Gasteiger partial charge < -0.3 is 15.4 Å². The third kappa shape index (κ3) is 5.14. The highest BCUT2D eigenvalue weighted by Gasteiger charge is 2.22. The minimum absolute atomic E-state index is 0.0663. The van der Waals surface area contributed by atoms with E-state index in [2.05, 4.69) is 10.6 Å². The number of methoxy groups -OCH3 is 1. The normalized spacial score (nSPS) is 12.1. The van der Waals surface area contributed by atoms with Gasteiger partial charge in [-0.25, -0.2) is 9.18 Å². The summed E-state index contributed by atoms with van der Waals surface area (Å²) in [5, 5.41) is 6.50. The number of esters is 1. The van der Waals surface area contributed by atoms with Gasteiger partial charge in [-0.1, -0.05) is 26.0 Å². The van der Waals surface area contributed by atoms with Crippen LogP contribution in [-0.4, -0.2) is 25.5 Å². The minimum atomic E-state index is -0.466. The molecule has 0 saturated heterocycles. The molecular weight excluding hydrogens is 367 g/mol. The van der Waals surface area contributed by atoms with E-state index in [0.717, 1.165) is 16.0 Å². The van der Waals surface area contributed by atoms with Gasteiger partial charge in [-0.15, -0.1) is 11.3 Å². The molecule has 27 heavy (non-hydrogen) atoms. The van der Waals surface area contributed by atoms with Crippen molar-refractivity contribution >= 4 is 28.2 Å². The molecule has 2 N–H and O–H groups in total. The lowest BCUT2D eigenvalue weighted by Crippen LogP contribution is -2.33. The van der Waals surface area contributed by atoms with Crippen LogP contribution in [0.1, 0.15) is 46.3 Å². The van der Waals surface area contributed by atoms with Crippen molar-refractivity contribution < 1.29 is 18.7 Å². The Bertz CT molecular complexity index is 815. The number of aryl methyl sites for hydroxylation is 1. The molecule has 2 rings (SSSR count). The summed E-state index contributed by atoms with van der Waals surface area (Å²) in [4.78, 5) is 25.4. The largest absolute Gasteiger partial charge is 0.465 e. The summed E-state index contributed by atoms with van der Waals surface area (Å²) in [6.07, 6.45) is 0. The Kier molecular flexibility index (Phi) is 7.10. The van der Waals surface area contributed by atoms with E-state index >= 15 is 0 Å². The predicted molar refractivity (Wildman–Crippen MR) is 106 cm³/mol. The Morgan fingerprint density at radius 1 is 1.19 bits per heavy atom. The Balaban J connectivity index is 2.08. The van der Waals surface area contributed by atoms with Crippen molar-refractivity contribution in [1.82, 2.24) is 5.32 Å². The van der Waals surface area contributed by atoms with Gasteiger partial charge in [0.05, 0.1) is 19.2 Å². The van der Waals surface area contributed by atoms with E-state index in [1.165, 1.54) is 30.6 Å². The van der Waals surface area contributed by atoms with Crippen LogP contribution in [0.15, 0.2) is 24.3 Å². The average Bonchev–Trinajstić information content (AvgIpc) is 2.89. The molecule has 5 nitrogen and oxygen atoms in total. The lowest BCUT2D eigenvalue weighted by molar-refractivity contribution is -0.115. The van der Waals surface area contributed by atoms with Crippen LogP contribution in [0.5, 0.6) is 0 Å². The first-order valence-corrected chi connectivity index (χ1v) is 9.53. The second-order valence-electron chi connectivity index (χ2n) is 6.68. The summed E-state index contributed by atoms with van der Waals surface area (Å²) in [6.45, 7) is 7.84.